The van der Waals surface area contributed by atoms with E-state index in [1.807, 2.05) is 15.8 Å². The van der Waals surface area contributed by atoms with Gasteiger partial charge in [-0.15, -0.1) is 21.5 Å². The maximum Gasteiger partial charge on any atom is 0.272 e. The Morgan fingerprint density at radius 1 is 1.33 bits per heavy atom. The first-order chi connectivity index (χ1) is 11.6. The number of hydrogen-bond acceptors (Lipinski definition) is 5. The highest BCUT2D eigenvalue weighted by atomic mass is 35.5. The molecule has 0 aliphatic rings. The zero-order valence-electron chi connectivity index (χ0n) is 12.4. The third kappa shape index (κ3) is 2.33. The summed E-state index contributed by atoms with van der Waals surface area (Å²) in [5.41, 5.74) is 1.08. The van der Waals surface area contributed by atoms with Gasteiger partial charge in [-0.3, -0.25) is 13.8 Å². The lowest BCUT2D eigenvalue weighted by atomic mass is 10.2. The number of thiophene rings is 1. The molecule has 0 atom stereocenters. The summed E-state index contributed by atoms with van der Waals surface area (Å²) in [6.07, 6.45) is 0. The van der Waals surface area contributed by atoms with Crippen LogP contribution in [-0.4, -0.2) is 19.2 Å². The number of benzene rings is 1. The molecule has 4 aromatic rings. The molecule has 0 saturated carbocycles. The Bertz CT molecular complexity index is 1110. The van der Waals surface area contributed by atoms with Gasteiger partial charge in [-0.05, 0) is 23.6 Å². The predicted molar refractivity (Wildman–Crippen MR) is 94.6 cm³/mol. The van der Waals surface area contributed by atoms with Crippen molar-refractivity contribution >= 4 is 50.7 Å². The van der Waals surface area contributed by atoms with Crippen LogP contribution in [0.1, 0.15) is 5.56 Å². The number of aromatic nitrogens is 4. The molecule has 5 nitrogen and oxygen atoms in total. The number of fused-ring (bicyclic) bond motifs is 3. The van der Waals surface area contributed by atoms with E-state index in [-0.39, 0.29) is 11.4 Å². The fraction of sp³-hybridized carbons (Fsp3) is 0.133. The molecule has 3 aromatic heterocycles. The quantitative estimate of drug-likeness (QED) is 0.508. The van der Waals surface area contributed by atoms with Crippen LogP contribution in [0.15, 0.2) is 39.6 Å². The normalized spacial score (nSPS) is 11.6. The number of thioether (sulfide) groups is 1. The van der Waals surface area contributed by atoms with Crippen LogP contribution in [0.5, 0.6) is 0 Å². The van der Waals surface area contributed by atoms with Gasteiger partial charge >= 0.3 is 0 Å². The molecule has 3 heterocycles. The molecular weight excluding hydrogens is 371 g/mol. The fourth-order valence-electron chi connectivity index (χ4n) is 2.47. The first kappa shape index (κ1) is 15.6. The van der Waals surface area contributed by atoms with Gasteiger partial charge in [0.1, 0.15) is 10.5 Å². The Labute approximate surface area is 148 Å². The number of halogens is 2. The summed E-state index contributed by atoms with van der Waals surface area (Å²) in [4.78, 5) is 12.3. The molecule has 1 aromatic carbocycles. The van der Waals surface area contributed by atoms with Crippen molar-refractivity contribution in [3.05, 3.63) is 56.4 Å². The van der Waals surface area contributed by atoms with Gasteiger partial charge in [0.2, 0.25) is 5.78 Å². The van der Waals surface area contributed by atoms with Crippen LogP contribution in [0.25, 0.3) is 16.0 Å². The van der Waals surface area contributed by atoms with Crippen molar-refractivity contribution in [1.29, 1.82) is 0 Å². The molecule has 0 aliphatic carbocycles. The molecule has 0 bridgehead atoms. The molecule has 9 heteroatoms. The van der Waals surface area contributed by atoms with E-state index in [9.17, 15) is 9.18 Å². The molecule has 4 rings (SSSR count). The van der Waals surface area contributed by atoms with E-state index in [4.69, 9.17) is 11.6 Å². The minimum absolute atomic E-state index is 0.103. The zero-order valence-corrected chi connectivity index (χ0v) is 14.8. The van der Waals surface area contributed by atoms with Crippen LogP contribution in [0.2, 0.25) is 5.02 Å². The van der Waals surface area contributed by atoms with Crippen LogP contribution in [0, 0.1) is 5.82 Å². The molecule has 0 radical (unpaired) electrons. The molecule has 0 fully saturated rings. The summed E-state index contributed by atoms with van der Waals surface area (Å²) in [5, 5.41) is 11.1. The summed E-state index contributed by atoms with van der Waals surface area (Å²) in [7, 11) is 1.66. The fourth-order valence-corrected chi connectivity index (χ4v) is 4.61. The Morgan fingerprint density at radius 3 is 2.96 bits per heavy atom. The Balaban J connectivity index is 1.82. The highest BCUT2D eigenvalue weighted by molar-refractivity contribution is 7.98. The predicted octanol–water partition coefficient (Wildman–Crippen LogP) is 3.73. The van der Waals surface area contributed by atoms with Gasteiger partial charge in [-0.25, -0.2) is 4.39 Å². The number of aryl methyl sites for hydroxylation is 1. The summed E-state index contributed by atoms with van der Waals surface area (Å²) in [6.45, 7) is 0. The second-order valence-electron chi connectivity index (χ2n) is 5.11. The monoisotopic (exact) mass is 380 g/mol. The van der Waals surface area contributed by atoms with Crippen LogP contribution >= 0.6 is 34.7 Å². The zero-order chi connectivity index (χ0) is 16.8. The van der Waals surface area contributed by atoms with Crippen LogP contribution < -0.4 is 5.56 Å². The van der Waals surface area contributed by atoms with Gasteiger partial charge in [0, 0.05) is 23.4 Å². The SMILES string of the molecule is Cn1c(=O)c2sccc2n2c(SCc3c(F)cccc3Cl)nnc12. The average molecular weight is 381 g/mol. The highest BCUT2D eigenvalue weighted by Gasteiger charge is 2.17. The van der Waals surface area contributed by atoms with E-state index in [1.54, 1.807) is 19.2 Å². The summed E-state index contributed by atoms with van der Waals surface area (Å²) < 4.78 is 17.8. The van der Waals surface area contributed by atoms with E-state index in [0.717, 1.165) is 5.52 Å². The first-order valence-electron chi connectivity index (χ1n) is 6.95. The number of hydrogen-bond donors (Lipinski definition) is 0. The smallest absolute Gasteiger partial charge is 0.272 e. The Morgan fingerprint density at radius 2 is 2.17 bits per heavy atom. The molecule has 0 amide bonds. The maximum atomic E-state index is 13.9. The third-order valence-electron chi connectivity index (χ3n) is 3.71. The van der Waals surface area contributed by atoms with Gasteiger partial charge < -0.3 is 0 Å². The van der Waals surface area contributed by atoms with Crippen molar-refractivity contribution in [1.82, 2.24) is 19.2 Å². The average Bonchev–Trinajstić information content (AvgIpc) is 3.18. The third-order valence-corrected chi connectivity index (χ3v) is 5.91. The lowest BCUT2D eigenvalue weighted by molar-refractivity contribution is 0.617. The van der Waals surface area contributed by atoms with E-state index < -0.39 is 0 Å². The molecule has 0 saturated heterocycles. The van der Waals surface area contributed by atoms with Gasteiger partial charge in [0.05, 0.1) is 5.52 Å². The number of rotatable bonds is 3. The summed E-state index contributed by atoms with van der Waals surface area (Å²) in [6, 6.07) is 6.47. The van der Waals surface area contributed by atoms with Gasteiger partial charge in [0.15, 0.2) is 5.16 Å². The van der Waals surface area contributed by atoms with Crippen LogP contribution in [0.3, 0.4) is 0 Å². The molecule has 0 N–H and O–H groups in total. The summed E-state index contributed by atoms with van der Waals surface area (Å²) >= 11 is 8.77. The van der Waals surface area contributed by atoms with Gasteiger partial charge in [-0.2, -0.15) is 0 Å². The van der Waals surface area contributed by atoms with Crippen molar-refractivity contribution < 1.29 is 4.39 Å². The highest BCUT2D eigenvalue weighted by Crippen LogP contribution is 2.29. The van der Waals surface area contributed by atoms with Crippen molar-refractivity contribution in [3.8, 4) is 0 Å². The molecule has 0 unspecified atom stereocenters. The molecule has 0 aliphatic heterocycles. The lowest BCUT2D eigenvalue weighted by Gasteiger charge is -2.06. The minimum Gasteiger partial charge on any atom is -0.279 e. The lowest BCUT2D eigenvalue weighted by Crippen LogP contribution is -2.18. The standard InChI is InChI=1S/C15H10ClFN4OS2/c1-20-13(22)12-11(5-6-23-12)21-14(20)18-19-15(21)24-7-8-9(16)3-2-4-10(8)17/h2-6H,7H2,1H3. The van der Waals surface area contributed by atoms with E-state index in [1.165, 1.54) is 33.7 Å². The van der Waals surface area contributed by atoms with Crippen molar-refractivity contribution in [2.45, 2.75) is 10.9 Å². The van der Waals surface area contributed by atoms with E-state index in [0.29, 0.717) is 32.0 Å². The maximum absolute atomic E-state index is 13.9. The van der Waals surface area contributed by atoms with E-state index in [2.05, 4.69) is 10.2 Å². The van der Waals surface area contributed by atoms with Crippen molar-refractivity contribution in [2.75, 3.05) is 0 Å². The van der Waals surface area contributed by atoms with Crippen molar-refractivity contribution in [2.24, 2.45) is 7.05 Å². The Hall–Kier alpha value is -1.90. The van der Waals surface area contributed by atoms with Crippen molar-refractivity contribution in [3.63, 3.8) is 0 Å². The first-order valence-corrected chi connectivity index (χ1v) is 9.19. The molecule has 122 valence electrons. The van der Waals surface area contributed by atoms with Gasteiger partial charge in [0.25, 0.3) is 5.56 Å². The van der Waals surface area contributed by atoms with Gasteiger partial charge in [-0.1, -0.05) is 29.4 Å². The largest absolute Gasteiger partial charge is 0.279 e. The second kappa shape index (κ2) is 5.87. The topological polar surface area (TPSA) is 52.2 Å². The minimum atomic E-state index is -0.350. The second-order valence-corrected chi connectivity index (χ2v) is 7.37. The van der Waals surface area contributed by atoms with Crippen LogP contribution in [-0.2, 0) is 12.8 Å². The molecule has 24 heavy (non-hydrogen) atoms. The summed E-state index contributed by atoms with van der Waals surface area (Å²) in [5.74, 6) is 0.422. The number of nitrogens with zero attached hydrogens (tertiary/aromatic N) is 4. The molecular formula is C15H10ClFN4OS2. The molecule has 0 spiro atoms. The Kier molecular flexibility index (Phi) is 3.82. The van der Waals surface area contributed by atoms with Crippen LogP contribution in [0.4, 0.5) is 4.39 Å². The van der Waals surface area contributed by atoms with E-state index >= 15 is 0 Å².